The average Bonchev–Trinajstić information content (AvgIpc) is 2.53. The van der Waals surface area contributed by atoms with Gasteiger partial charge in [0.05, 0.1) is 6.10 Å². The lowest BCUT2D eigenvalue weighted by Crippen LogP contribution is -2.40. The summed E-state index contributed by atoms with van der Waals surface area (Å²) in [5.41, 5.74) is 1.25. The second-order valence-electron chi connectivity index (χ2n) is 3.40. The van der Waals surface area contributed by atoms with E-state index in [9.17, 15) is 0 Å². The molecule has 13 heavy (non-hydrogen) atoms. The normalized spacial score (nSPS) is 26.8. The van der Waals surface area contributed by atoms with Crippen LogP contribution in [0.2, 0.25) is 0 Å². The Balaban J connectivity index is 1.70. The summed E-state index contributed by atoms with van der Waals surface area (Å²) in [6, 6.07) is 2.75. The van der Waals surface area contributed by atoms with Crippen molar-refractivity contribution in [1.29, 1.82) is 0 Å². The van der Waals surface area contributed by atoms with Crippen molar-refractivity contribution in [1.82, 2.24) is 0 Å². The summed E-state index contributed by atoms with van der Waals surface area (Å²) in [5, 5.41) is 7.72. The van der Waals surface area contributed by atoms with E-state index in [1.165, 1.54) is 5.69 Å². The van der Waals surface area contributed by atoms with Gasteiger partial charge in [-0.2, -0.15) is 11.3 Å². The van der Waals surface area contributed by atoms with Gasteiger partial charge >= 0.3 is 0 Å². The van der Waals surface area contributed by atoms with E-state index in [2.05, 4.69) is 29.1 Å². The number of hydrogen-bond donors (Lipinski definition) is 1. The Hall–Kier alpha value is -0.540. The molecule has 1 saturated carbocycles. The highest BCUT2D eigenvalue weighted by atomic mass is 32.1. The van der Waals surface area contributed by atoms with Gasteiger partial charge in [-0.1, -0.05) is 0 Å². The molecule has 1 aliphatic carbocycles. The Labute approximate surface area is 82.9 Å². The van der Waals surface area contributed by atoms with E-state index in [1.54, 1.807) is 11.3 Å². The maximum Gasteiger partial charge on any atom is 0.0614 e. The van der Waals surface area contributed by atoms with Crippen LogP contribution in [0.3, 0.4) is 0 Å². The first kappa shape index (κ1) is 9.03. The SMILES string of the molecule is CCOC1CC(Nc2ccsc2)C1. The fourth-order valence-electron chi connectivity index (χ4n) is 1.64. The lowest BCUT2D eigenvalue weighted by molar-refractivity contribution is 0.00300. The Morgan fingerprint density at radius 2 is 2.46 bits per heavy atom. The fraction of sp³-hybridized carbons (Fsp3) is 0.600. The van der Waals surface area contributed by atoms with Crippen molar-refractivity contribution < 1.29 is 4.74 Å². The van der Waals surface area contributed by atoms with Crippen LogP contribution in [-0.2, 0) is 4.74 Å². The molecule has 72 valence electrons. The van der Waals surface area contributed by atoms with Gasteiger partial charge in [-0.05, 0) is 31.2 Å². The zero-order valence-corrected chi connectivity index (χ0v) is 8.64. The van der Waals surface area contributed by atoms with Crippen LogP contribution in [-0.4, -0.2) is 18.8 Å². The van der Waals surface area contributed by atoms with Crippen molar-refractivity contribution in [3.05, 3.63) is 16.8 Å². The number of hydrogen-bond acceptors (Lipinski definition) is 3. The summed E-state index contributed by atoms with van der Waals surface area (Å²) in [6.45, 7) is 2.90. The molecule has 0 saturated heterocycles. The number of ether oxygens (including phenoxy) is 1. The van der Waals surface area contributed by atoms with Crippen LogP contribution >= 0.6 is 11.3 Å². The van der Waals surface area contributed by atoms with Gasteiger partial charge in [0.15, 0.2) is 0 Å². The molecule has 1 aliphatic rings. The lowest BCUT2D eigenvalue weighted by atomic mass is 9.89. The van der Waals surface area contributed by atoms with Gasteiger partial charge in [-0.25, -0.2) is 0 Å². The quantitative estimate of drug-likeness (QED) is 0.801. The molecule has 1 aromatic rings. The largest absolute Gasteiger partial charge is 0.381 e. The van der Waals surface area contributed by atoms with Gasteiger partial charge in [0.1, 0.15) is 0 Å². The molecule has 1 aromatic heterocycles. The first-order valence-electron chi connectivity index (χ1n) is 4.79. The molecule has 0 unspecified atom stereocenters. The van der Waals surface area contributed by atoms with E-state index >= 15 is 0 Å². The summed E-state index contributed by atoms with van der Waals surface area (Å²) in [5.74, 6) is 0. The highest BCUT2D eigenvalue weighted by Crippen LogP contribution is 2.27. The third kappa shape index (κ3) is 2.23. The van der Waals surface area contributed by atoms with Crippen molar-refractivity contribution in [3.63, 3.8) is 0 Å². The molecular weight excluding hydrogens is 182 g/mol. The zero-order valence-electron chi connectivity index (χ0n) is 7.82. The van der Waals surface area contributed by atoms with Crippen molar-refractivity contribution in [2.45, 2.75) is 31.9 Å². The highest BCUT2D eigenvalue weighted by Gasteiger charge is 2.29. The van der Waals surface area contributed by atoms with Crippen molar-refractivity contribution in [3.8, 4) is 0 Å². The molecule has 1 heterocycles. The second-order valence-corrected chi connectivity index (χ2v) is 4.18. The van der Waals surface area contributed by atoms with Crippen LogP contribution in [0.5, 0.6) is 0 Å². The molecule has 1 fully saturated rings. The molecular formula is C10H15NOS. The van der Waals surface area contributed by atoms with Gasteiger partial charge in [-0.15, -0.1) is 0 Å². The predicted octanol–water partition coefficient (Wildman–Crippen LogP) is 2.73. The third-order valence-electron chi connectivity index (χ3n) is 2.39. The molecule has 0 radical (unpaired) electrons. The van der Waals surface area contributed by atoms with Crippen LogP contribution in [0.4, 0.5) is 5.69 Å². The van der Waals surface area contributed by atoms with Gasteiger partial charge in [0, 0.05) is 23.7 Å². The topological polar surface area (TPSA) is 21.3 Å². The molecule has 2 nitrogen and oxygen atoms in total. The molecule has 0 atom stereocenters. The minimum Gasteiger partial charge on any atom is -0.381 e. The Morgan fingerprint density at radius 1 is 1.62 bits per heavy atom. The average molecular weight is 197 g/mol. The molecule has 0 aliphatic heterocycles. The van der Waals surface area contributed by atoms with Gasteiger partial charge in [-0.3, -0.25) is 0 Å². The monoisotopic (exact) mass is 197 g/mol. The molecule has 0 bridgehead atoms. The molecule has 0 aromatic carbocycles. The summed E-state index contributed by atoms with van der Waals surface area (Å²) in [6.07, 6.45) is 2.81. The van der Waals surface area contributed by atoms with Crippen LogP contribution < -0.4 is 5.32 Å². The van der Waals surface area contributed by atoms with Gasteiger partial charge in [0.25, 0.3) is 0 Å². The van der Waals surface area contributed by atoms with Gasteiger partial charge < -0.3 is 10.1 Å². The standard InChI is InChI=1S/C10H15NOS/c1-2-12-10-5-9(6-10)11-8-3-4-13-7-8/h3-4,7,9-11H,2,5-6H2,1H3. The Morgan fingerprint density at radius 3 is 3.08 bits per heavy atom. The smallest absolute Gasteiger partial charge is 0.0614 e. The Kier molecular flexibility index (Phi) is 2.86. The van der Waals surface area contributed by atoms with E-state index in [-0.39, 0.29) is 0 Å². The summed E-state index contributed by atoms with van der Waals surface area (Å²) in [7, 11) is 0. The Bertz CT molecular complexity index is 241. The van der Waals surface area contributed by atoms with Crippen molar-refractivity contribution in [2.24, 2.45) is 0 Å². The number of rotatable bonds is 4. The maximum atomic E-state index is 5.49. The van der Waals surface area contributed by atoms with Crippen LogP contribution in [0, 0.1) is 0 Å². The minimum absolute atomic E-state index is 0.501. The van der Waals surface area contributed by atoms with E-state index < -0.39 is 0 Å². The third-order valence-corrected chi connectivity index (χ3v) is 3.07. The van der Waals surface area contributed by atoms with Crippen LogP contribution in [0.15, 0.2) is 16.8 Å². The summed E-state index contributed by atoms with van der Waals surface area (Å²) < 4.78 is 5.49. The van der Waals surface area contributed by atoms with Gasteiger partial charge in [0.2, 0.25) is 0 Å². The number of anilines is 1. The first-order chi connectivity index (χ1) is 6.38. The summed E-state index contributed by atoms with van der Waals surface area (Å²) in [4.78, 5) is 0. The van der Waals surface area contributed by atoms with Crippen molar-refractivity contribution in [2.75, 3.05) is 11.9 Å². The molecule has 0 amide bonds. The van der Waals surface area contributed by atoms with Crippen molar-refractivity contribution >= 4 is 17.0 Å². The predicted molar refractivity (Wildman–Crippen MR) is 56.4 cm³/mol. The highest BCUT2D eigenvalue weighted by molar-refractivity contribution is 7.08. The summed E-state index contributed by atoms with van der Waals surface area (Å²) >= 11 is 1.73. The second kappa shape index (κ2) is 4.11. The molecule has 2 rings (SSSR count). The molecule has 0 spiro atoms. The molecule has 1 N–H and O–H groups in total. The zero-order chi connectivity index (χ0) is 9.10. The minimum atomic E-state index is 0.501. The van der Waals surface area contributed by atoms with Crippen LogP contribution in [0.25, 0.3) is 0 Å². The maximum absolute atomic E-state index is 5.49. The van der Waals surface area contributed by atoms with E-state index in [4.69, 9.17) is 4.74 Å². The number of nitrogens with one attached hydrogen (secondary N) is 1. The lowest BCUT2D eigenvalue weighted by Gasteiger charge is -2.35. The van der Waals surface area contributed by atoms with E-state index in [0.717, 1.165) is 19.4 Å². The fourth-order valence-corrected chi connectivity index (χ4v) is 2.23. The van der Waals surface area contributed by atoms with Crippen LogP contribution in [0.1, 0.15) is 19.8 Å². The van der Waals surface area contributed by atoms with E-state index in [1.807, 2.05) is 0 Å². The van der Waals surface area contributed by atoms with E-state index in [0.29, 0.717) is 12.1 Å². The number of thiophene rings is 1. The molecule has 3 heteroatoms. The first-order valence-corrected chi connectivity index (χ1v) is 5.73.